The summed E-state index contributed by atoms with van der Waals surface area (Å²) in [6.07, 6.45) is 0.103. The average Bonchev–Trinajstić information content (AvgIpc) is 2.44. The van der Waals surface area contributed by atoms with Gasteiger partial charge in [0.15, 0.2) is 5.75 Å². The summed E-state index contributed by atoms with van der Waals surface area (Å²) < 4.78 is 5.11. The lowest BCUT2D eigenvalue weighted by atomic mass is 10.2. The van der Waals surface area contributed by atoms with Gasteiger partial charge in [-0.05, 0) is 13.1 Å². The van der Waals surface area contributed by atoms with E-state index in [0.717, 1.165) is 6.07 Å². The van der Waals surface area contributed by atoms with Crippen LogP contribution >= 0.6 is 11.6 Å². The van der Waals surface area contributed by atoms with Crippen LogP contribution in [0.15, 0.2) is 18.2 Å². The number of nitro benzene ring substituents is 1. The number of alkyl halides is 1. The summed E-state index contributed by atoms with van der Waals surface area (Å²) in [6, 6.07) is 3.70. The maximum Gasteiger partial charge on any atom is 0.312 e. The summed E-state index contributed by atoms with van der Waals surface area (Å²) in [5, 5.41) is 22.9. The van der Waals surface area contributed by atoms with Crippen LogP contribution in [0.2, 0.25) is 0 Å². The first-order valence-electron chi connectivity index (χ1n) is 6.05. The van der Waals surface area contributed by atoms with Crippen LogP contribution in [0.5, 0.6) is 5.75 Å². The molecule has 0 saturated heterocycles. The van der Waals surface area contributed by atoms with Gasteiger partial charge in [-0.25, -0.2) is 0 Å². The number of aliphatic hydroxyl groups excluding tert-OH is 1. The molecule has 2 N–H and O–H groups in total. The van der Waals surface area contributed by atoms with Crippen LogP contribution in [0.1, 0.15) is 6.42 Å². The van der Waals surface area contributed by atoms with Gasteiger partial charge in [-0.2, -0.15) is 0 Å². The Morgan fingerprint density at radius 3 is 2.81 bits per heavy atom. The Hall–Kier alpha value is -1.90. The van der Waals surface area contributed by atoms with Gasteiger partial charge in [0.25, 0.3) is 5.69 Å². The van der Waals surface area contributed by atoms with Crippen LogP contribution in [-0.2, 0) is 4.79 Å². The predicted molar refractivity (Wildman–Crippen MR) is 77.5 cm³/mol. The minimum atomic E-state index is -1.36. The molecule has 0 spiro atoms. The Bertz CT molecular complexity index is 524. The predicted octanol–water partition coefficient (Wildman–Crippen LogP) is 1.06. The molecule has 0 amide bonds. The van der Waals surface area contributed by atoms with Gasteiger partial charge in [0.2, 0.25) is 5.69 Å². The normalized spacial score (nSPS) is 11.8. The van der Waals surface area contributed by atoms with E-state index in [9.17, 15) is 20.0 Å². The molecule has 0 unspecified atom stereocenters. The summed E-state index contributed by atoms with van der Waals surface area (Å²) in [6.45, 7) is 0.414. The Labute approximate surface area is 126 Å². The number of rotatable bonds is 7. The van der Waals surface area contributed by atoms with Crippen LogP contribution in [0.3, 0.4) is 0 Å². The number of halogens is 1. The number of carbonyl (C=O) groups excluding carboxylic acids is 1. The van der Waals surface area contributed by atoms with Crippen LogP contribution in [0.25, 0.3) is 0 Å². The highest BCUT2D eigenvalue weighted by atomic mass is 35.5. The van der Waals surface area contributed by atoms with Crippen LogP contribution in [0.4, 0.5) is 11.4 Å². The fraction of sp³-hybridized carbons (Fsp3) is 0.417. The van der Waals surface area contributed by atoms with Gasteiger partial charge in [-0.3, -0.25) is 14.9 Å². The highest BCUT2D eigenvalue weighted by molar-refractivity contribution is 6.20. The van der Waals surface area contributed by atoms with Crippen LogP contribution < -0.4 is 15.0 Å². The highest BCUT2D eigenvalue weighted by Crippen LogP contribution is 2.33. The first kappa shape index (κ1) is 17.2. The van der Waals surface area contributed by atoms with Crippen molar-refractivity contribution in [3.05, 3.63) is 28.3 Å². The molecule has 116 valence electrons. The number of benzene rings is 1. The molecule has 0 aliphatic heterocycles. The maximum absolute atomic E-state index is 11.7. The summed E-state index contributed by atoms with van der Waals surface area (Å²) in [4.78, 5) is 23.1. The van der Waals surface area contributed by atoms with Gasteiger partial charge in [0.1, 0.15) is 0 Å². The third-order valence-corrected chi connectivity index (χ3v) is 2.95. The molecule has 0 heterocycles. The number of non-ortho nitro benzene ring substituents is 1. The number of nitro groups is 1. The van der Waals surface area contributed by atoms with Crippen molar-refractivity contribution in [3.8, 4) is 5.75 Å². The third-order valence-electron chi connectivity index (χ3n) is 2.66. The maximum atomic E-state index is 11.7. The number of carbonyl (C=O) groups is 1. The molecule has 0 bridgehead atoms. The van der Waals surface area contributed by atoms with E-state index in [1.165, 1.54) is 24.1 Å². The van der Waals surface area contributed by atoms with Gasteiger partial charge in [-0.15, -0.1) is 0 Å². The quantitative estimate of drug-likeness (QED) is 0.147. The van der Waals surface area contributed by atoms with Crippen LogP contribution in [0, 0.1) is 10.1 Å². The van der Waals surface area contributed by atoms with E-state index in [0.29, 0.717) is 6.54 Å². The van der Waals surface area contributed by atoms with E-state index in [1.807, 2.05) is 0 Å². The Morgan fingerprint density at radius 2 is 2.29 bits per heavy atom. The average molecular weight is 318 g/mol. The molecule has 1 aromatic rings. The molecule has 1 aromatic carbocycles. The molecule has 21 heavy (non-hydrogen) atoms. The van der Waals surface area contributed by atoms with Gasteiger partial charge in [-0.1, -0.05) is 11.6 Å². The molecule has 0 aliphatic rings. The SMILES string of the molecule is CNCCC(=O)Oc1cc([N+](=O)[O-])ccc1N(C)[C@@H](O)Cl. The van der Waals surface area contributed by atoms with Gasteiger partial charge < -0.3 is 20.1 Å². The van der Waals surface area contributed by atoms with Crippen molar-refractivity contribution in [2.24, 2.45) is 0 Å². The highest BCUT2D eigenvalue weighted by Gasteiger charge is 2.19. The van der Waals surface area contributed by atoms with Crippen molar-refractivity contribution < 1.29 is 19.6 Å². The molecule has 8 nitrogen and oxygen atoms in total. The van der Waals surface area contributed by atoms with Crippen molar-refractivity contribution in [1.82, 2.24) is 5.32 Å². The smallest absolute Gasteiger partial charge is 0.312 e. The molecule has 1 atom stereocenters. The second-order valence-electron chi connectivity index (χ2n) is 4.16. The zero-order valence-corrected chi connectivity index (χ0v) is 12.3. The van der Waals surface area contributed by atoms with Crippen molar-refractivity contribution in [3.63, 3.8) is 0 Å². The molecule has 9 heteroatoms. The Balaban J connectivity index is 3.08. The van der Waals surface area contributed by atoms with Crippen molar-refractivity contribution >= 4 is 28.9 Å². The topological polar surface area (TPSA) is 105 Å². The van der Waals surface area contributed by atoms with Crippen molar-refractivity contribution in [2.75, 3.05) is 25.5 Å². The van der Waals surface area contributed by atoms with E-state index in [4.69, 9.17) is 16.3 Å². The lowest BCUT2D eigenvalue weighted by Gasteiger charge is -2.22. The first-order valence-corrected chi connectivity index (χ1v) is 6.49. The fourth-order valence-electron chi connectivity index (χ4n) is 1.51. The van der Waals surface area contributed by atoms with Crippen molar-refractivity contribution in [2.45, 2.75) is 12.1 Å². The minimum absolute atomic E-state index is 0.0347. The number of anilines is 1. The number of nitrogens with zero attached hydrogens (tertiary/aromatic N) is 2. The number of nitrogens with one attached hydrogen (secondary N) is 1. The van der Waals surface area contributed by atoms with Gasteiger partial charge >= 0.3 is 5.97 Å². The molecule has 0 aromatic heterocycles. The van der Waals surface area contributed by atoms with E-state index < -0.39 is 16.6 Å². The zero-order chi connectivity index (χ0) is 16.0. The molecule has 1 rings (SSSR count). The van der Waals surface area contributed by atoms with E-state index in [2.05, 4.69) is 5.32 Å². The molecule has 0 radical (unpaired) electrons. The minimum Gasteiger partial charge on any atom is -0.424 e. The largest absolute Gasteiger partial charge is 0.424 e. The monoisotopic (exact) mass is 317 g/mol. The summed E-state index contributed by atoms with van der Waals surface area (Å²) in [5.74, 6) is -0.587. The number of esters is 1. The number of hydrogen-bond donors (Lipinski definition) is 2. The third kappa shape index (κ3) is 4.85. The van der Waals surface area contributed by atoms with Crippen molar-refractivity contribution in [1.29, 1.82) is 0 Å². The first-order chi connectivity index (χ1) is 9.86. The lowest BCUT2D eigenvalue weighted by molar-refractivity contribution is -0.384. The number of aliphatic hydroxyl groups is 1. The molecule has 0 saturated carbocycles. The molecule has 0 aliphatic carbocycles. The molecular weight excluding hydrogens is 302 g/mol. The lowest BCUT2D eigenvalue weighted by Crippen LogP contribution is -2.27. The Kier molecular flexibility index (Phi) is 6.35. The summed E-state index contributed by atoms with van der Waals surface area (Å²) >= 11 is 5.55. The number of hydrogen-bond acceptors (Lipinski definition) is 7. The Morgan fingerprint density at radius 1 is 1.62 bits per heavy atom. The molecule has 0 fully saturated rings. The second kappa shape index (κ2) is 7.77. The zero-order valence-electron chi connectivity index (χ0n) is 11.6. The number of ether oxygens (including phenoxy) is 1. The van der Waals surface area contributed by atoms with Crippen LogP contribution in [-0.4, -0.2) is 42.3 Å². The van der Waals surface area contributed by atoms with E-state index in [1.54, 1.807) is 7.05 Å². The fourth-order valence-corrected chi connectivity index (χ4v) is 1.61. The standard InChI is InChI=1S/C12H16ClN3O5/c1-14-6-5-11(17)21-10-7-8(16(19)20)3-4-9(10)15(2)12(13)18/h3-4,7,12,14,18H,5-6H2,1-2H3/t12-/m0/s1. The van der Waals surface area contributed by atoms with Gasteiger partial charge in [0.05, 0.1) is 23.1 Å². The summed E-state index contributed by atoms with van der Waals surface area (Å²) in [7, 11) is 3.15. The van der Waals surface area contributed by atoms with E-state index in [-0.39, 0.29) is 23.5 Å². The summed E-state index contributed by atoms with van der Waals surface area (Å²) in [5.41, 5.74) is -1.32. The van der Waals surface area contributed by atoms with E-state index >= 15 is 0 Å². The van der Waals surface area contributed by atoms with Gasteiger partial charge in [0, 0.05) is 19.7 Å². The second-order valence-corrected chi connectivity index (χ2v) is 4.55. The molecular formula is C12H16ClN3O5.